The summed E-state index contributed by atoms with van der Waals surface area (Å²) in [5.74, 6) is 0.231. The van der Waals surface area contributed by atoms with E-state index in [-0.39, 0.29) is 5.92 Å². The van der Waals surface area contributed by atoms with Gasteiger partial charge in [-0.05, 0) is 43.9 Å². The summed E-state index contributed by atoms with van der Waals surface area (Å²) in [6, 6.07) is 6.78. The second-order valence-electron chi connectivity index (χ2n) is 5.32. The zero-order valence-electron chi connectivity index (χ0n) is 11.3. The number of piperidine rings is 1. The molecule has 0 aliphatic carbocycles. The molecule has 1 aromatic heterocycles. The van der Waals surface area contributed by atoms with Gasteiger partial charge in [0.2, 0.25) is 0 Å². The maximum atomic E-state index is 8.95. The predicted octanol–water partition coefficient (Wildman–Crippen LogP) is 3.65. The van der Waals surface area contributed by atoms with Gasteiger partial charge in [0.05, 0.1) is 16.3 Å². The lowest BCUT2D eigenvalue weighted by Crippen LogP contribution is -2.33. The fourth-order valence-electron chi connectivity index (χ4n) is 2.69. The molecule has 0 spiro atoms. The predicted molar refractivity (Wildman–Crippen MR) is 79.6 cm³/mol. The van der Waals surface area contributed by atoms with Crippen LogP contribution in [0.25, 0.3) is 10.2 Å². The number of anilines is 1. The number of fused-ring (bicyclic) bond motifs is 1. The molecule has 2 heterocycles. The highest BCUT2D eigenvalue weighted by Crippen LogP contribution is 2.33. The normalized spacial score (nSPS) is 16.8. The number of nitrogens with zero attached hydrogens (tertiary/aromatic N) is 3. The Bertz CT molecular complexity index is 645. The number of aryl methyl sites for hydroxylation is 2. The molecular weight excluding hydrogens is 254 g/mol. The van der Waals surface area contributed by atoms with Gasteiger partial charge in [-0.3, -0.25) is 0 Å². The summed E-state index contributed by atoms with van der Waals surface area (Å²) in [7, 11) is 0. The van der Waals surface area contributed by atoms with Gasteiger partial charge in [0.15, 0.2) is 5.13 Å². The first-order valence-electron chi connectivity index (χ1n) is 6.70. The summed E-state index contributed by atoms with van der Waals surface area (Å²) in [6.07, 6.45) is 1.93. The van der Waals surface area contributed by atoms with E-state index in [0.29, 0.717) is 0 Å². The lowest BCUT2D eigenvalue weighted by molar-refractivity contribution is 0.487. The molecule has 98 valence electrons. The number of hydrogen-bond donors (Lipinski definition) is 0. The summed E-state index contributed by atoms with van der Waals surface area (Å²) >= 11 is 1.77. The fraction of sp³-hybridized carbons (Fsp3) is 0.467. The SMILES string of the molecule is Cc1cc(C)c2nc(N3CCC(C#N)CC3)sc2c1. The van der Waals surface area contributed by atoms with Crippen molar-refractivity contribution in [2.75, 3.05) is 18.0 Å². The first-order valence-corrected chi connectivity index (χ1v) is 7.51. The van der Waals surface area contributed by atoms with Crippen LogP contribution in [0.5, 0.6) is 0 Å². The molecule has 1 saturated heterocycles. The smallest absolute Gasteiger partial charge is 0.186 e. The standard InChI is InChI=1S/C15H17N3S/c1-10-7-11(2)14-13(8-10)19-15(17-14)18-5-3-12(9-16)4-6-18/h7-8,12H,3-6H2,1-2H3. The first-order chi connectivity index (χ1) is 9.17. The van der Waals surface area contributed by atoms with Gasteiger partial charge in [0.25, 0.3) is 0 Å². The first kappa shape index (κ1) is 12.4. The van der Waals surface area contributed by atoms with Crippen LogP contribution < -0.4 is 4.90 Å². The molecule has 0 N–H and O–H groups in total. The minimum absolute atomic E-state index is 0.231. The second-order valence-corrected chi connectivity index (χ2v) is 6.32. The van der Waals surface area contributed by atoms with E-state index in [2.05, 4.69) is 36.9 Å². The molecule has 2 aromatic rings. The molecule has 0 atom stereocenters. The highest BCUT2D eigenvalue weighted by Gasteiger charge is 2.21. The van der Waals surface area contributed by atoms with Crippen molar-refractivity contribution in [3.05, 3.63) is 23.3 Å². The Hall–Kier alpha value is -1.60. The average Bonchev–Trinajstić information content (AvgIpc) is 2.83. The van der Waals surface area contributed by atoms with Crippen molar-refractivity contribution in [2.24, 2.45) is 5.92 Å². The minimum atomic E-state index is 0.231. The average molecular weight is 271 g/mol. The lowest BCUT2D eigenvalue weighted by Gasteiger charge is -2.28. The summed E-state index contributed by atoms with van der Waals surface area (Å²) < 4.78 is 1.27. The molecular formula is C15H17N3S. The van der Waals surface area contributed by atoms with E-state index in [1.807, 2.05) is 0 Å². The number of hydrogen-bond acceptors (Lipinski definition) is 4. The van der Waals surface area contributed by atoms with E-state index in [1.54, 1.807) is 11.3 Å². The number of thiazole rings is 1. The molecule has 0 unspecified atom stereocenters. The largest absolute Gasteiger partial charge is 0.348 e. The van der Waals surface area contributed by atoms with E-state index < -0.39 is 0 Å². The topological polar surface area (TPSA) is 39.9 Å². The third-order valence-corrected chi connectivity index (χ3v) is 4.83. The number of nitriles is 1. The van der Waals surface area contributed by atoms with Crippen LogP contribution in [0.15, 0.2) is 12.1 Å². The van der Waals surface area contributed by atoms with Crippen molar-refractivity contribution in [3.8, 4) is 6.07 Å². The monoisotopic (exact) mass is 271 g/mol. The molecule has 1 aliphatic rings. The van der Waals surface area contributed by atoms with Gasteiger partial charge in [-0.25, -0.2) is 4.98 Å². The van der Waals surface area contributed by atoms with Gasteiger partial charge < -0.3 is 4.90 Å². The van der Waals surface area contributed by atoms with E-state index in [0.717, 1.165) is 36.6 Å². The molecule has 1 aromatic carbocycles. The van der Waals surface area contributed by atoms with Crippen molar-refractivity contribution in [2.45, 2.75) is 26.7 Å². The Balaban J connectivity index is 1.90. The van der Waals surface area contributed by atoms with E-state index in [9.17, 15) is 0 Å². The van der Waals surface area contributed by atoms with Crippen molar-refractivity contribution in [1.29, 1.82) is 5.26 Å². The fourth-order valence-corrected chi connectivity index (χ4v) is 3.89. The molecule has 1 aliphatic heterocycles. The zero-order valence-corrected chi connectivity index (χ0v) is 12.1. The molecule has 3 rings (SSSR count). The van der Waals surface area contributed by atoms with Crippen LogP contribution in [0.2, 0.25) is 0 Å². The Morgan fingerprint density at radius 1 is 1.32 bits per heavy atom. The molecule has 0 bridgehead atoms. The number of aromatic nitrogens is 1. The van der Waals surface area contributed by atoms with Gasteiger partial charge in [-0.2, -0.15) is 5.26 Å². The summed E-state index contributed by atoms with van der Waals surface area (Å²) in [5, 5.41) is 10.1. The maximum Gasteiger partial charge on any atom is 0.186 e. The van der Waals surface area contributed by atoms with Crippen molar-refractivity contribution >= 4 is 26.7 Å². The Labute approximate surface area is 117 Å². The van der Waals surface area contributed by atoms with Crippen LogP contribution in [0.4, 0.5) is 5.13 Å². The molecule has 0 amide bonds. The highest BCUT2D eigenvalue weighted by atomic mass is 32.1. The Morgan fingerprint density at radius 3 is 2.74 bits per heavy atom. The van der Waals surface area contributed by atoms with E-state index >= 15 is 0 Å². The third kappa shape index (κ3) is 2.31. The highest BCUT2D eigenvalue weighted by molar-refractivity contribution is 7.22. The quantitative estimate of drug-likeness (QED) is 0.794. The van der Waals surface area contributed by atoms with Gasteiger partial charge >= 0.3 is 0 Å². The van der Waals surface area contributed by atoms with Crippen LogP contribution in [0.1, 0.15) is 24.0 Å². The molecule has 19 heavy (non-hydrogen) atoms. The lowest BCUT2D eigenvalue weighted by atomic mass is 9.99. The Kier molecular flexibility index (Phi) is 3.16. The summed E-state index contributed by atoms with van der Waals surface area (Å²) in [6.45, 7) is 6.16. The van der Waals surface area contributed by atoms with Crippen LogP contribution in [0.3, 0.4) is 0 Å². The second kappa shape index (κ2) is 4.82. The number of rotatable bonds is 1. The van der Waals surface area contributed by atoms with E-state index in [4.69, 9.17) is 10.2 Å². The van der Waals surface area contributed by atoms with Gasteiger partial charge in [0, 0.05) is 19.0 Å². The molecule has 4 heteroatoms. The van der Waals surface area contributed by atoms with Crippen LogP contribution in [0, 0.1) is 31.1 Å². The van der Waals surface area contributed by atoms with Crippen molar-refractivity contribution in [1.82, 2.24) is 4.98 Å². The molecule has 0 radical (unpaired) electrons. The van der Waals surface area contributed by atoms with Crippen LogP contribution in [-0.4, -0.2) is 18.1 Å². The van der Waals surface area contributed by atoms with Gasteiger partial charge in [-0.1, -0.05) is 17.4 Å². The van der Waals surface area contributed by atoms with Gasteiger partial charge in [-0.15, -0.1) is 0 Å². The van der Waals surface area contributed by atoms with Crippen molar-refractivity contribution in [3.63, 3.8) is 0 Å². The van der Waals surface area contributed by atoms with Crippen LogP contribution >= 0.6 is 11.3 Å². The Morgan fingerprint density at radius 2 is 2.05 bits per heavy atom. The minimum Gasteiger partial charge on any atom is -0.348 e. The van der Waals surface area contributed by atoms with Gasteiger partial charge in [0.1, 0.15) is 0 Å². The third-order valence-electron chi connectivity index (χ3n) is 3.77. The van der Waals surface area contributed by atoms with Crippen molar-refractivity contribution < 1.29 is 0 Å². The summed E-state index contributed by atoms with van der Waals surface area (Å²) in [5.41, 5.74) is 3.68. The number of benzene rings is 1. The molecule has 3 nitrogen and oxygen atoms in total. The van der Waals surface area contributed by atoms with E-state index in [1.165, 1.54) is 15.8 Å². The summed E-state index contributed by atoms with van der Waals surface area (Å²) in [4.78, 5) is 7.12. The van der Waals surface area contributed by atoms with Crippen LogP contribution in [-0.2, 0) is 0 Å². The maximum absolute atomic E-state index is 8.95. The molecule has 1 fully saturated rings. The zero-order chi connectivity index (χ0) is 13.4. The molecule has 0 saturated carbocycles.